The van der Waals surface area contributed by atoms with E-state index in [0.29, 0.717) is 5.33 Å². The third kappa shape index (κ3) is 1.73. The Kier molecular flexibility index (Phi) is 2.64. The zero-order valence-corrected chi connectivity index (χ0v) is 7.55. The topological polar surface area (TPSA) is 87.7 Å². The molecule has 0 spiro atoms. The number of nitrogens with one attached hydrogen (secondary N) is 2. The Balaban J connectivity index is 3.39. The van der Waals surface area contributed by atoms with Gasteiger partial charge in [0.15, 0.2) is 0 Å². The molecule has 1 heterocycles. The fourth-order valence-corrected chi connectivity index (χ4v) is 1.09. The van der Waals surface area contributed by atoms with Gasteiger partial charge in [-0.3, -0.25) is 9.97 Å². The summed E-state index contributed by atoms with van der Waals surface area (Å²) in [4.78, 5) is 36.2. The molecule has 0 fully saturated rings. The Labute approximate surface area is 74.4 Å². The molecular weight excluding hydrogens is 230 g/mol. The number of aromatic nitrogens is 3. The summed E-state index contributed by atoms with van der Waals surface area (Å²) in [7, 11) is 0. The zero-order valence-electron chi connectivity index (χ0n) is 5.96. The van der Waals surface area contributed by atoms with Crippen molar-refractivity contribution in [2.24, 2.45) is 0 Å². The summed E-state index contributed by atoms with van der Waals surface area (Å²) >= 11 is 3.07. The van der Waals surface area contributed by atoms with Crippen molar-refractivity contribution in [1.82, 2.24) is 14.5 Å². The molecule has 0 aliphatic heterocycles. The van der Waals surface area contributed by atoms with Gasteiger partial charge >= 0.3 is 17.1 Å². The van der Waals surface area contributed by atoms with Crippen LogP contribution in [0.5, 0.6) is 0 Å². The van der Waals surface area contributed by atoms with Crippen molar-refractivity contribution in [2.45, 2.75) is 6.54 Å². The number of alkyl halides is 1. The molecule has 0 saturated carbocycles. The molecule has 0 aliphatic rings. The van der Waals surface area contributed by atoms with Crippen LogP contribution in [0.1, 0.15) is 0 Å². The van der Waals surface area contributed by atoms with Crippen molar-refractivity contribution in [2.75, 3.05) is 5.33 Å². The Morgan fingerprint density at radius 3 is 2.08 bits per heavy atom. The lowest BCUT2D eigenvalue weighted by Crippen LogP contribution is -2.43. The van der Waals surface area contributed by atoms with Crippen molar-refractivity contribution >= 4 is 15.9 Å². The molecule has 2 N–H and O–H groups in total. The number of aromatic amines is 2. The summed E-state index contributed by atoms with van der Waals surface area (Å²) in [5.41, 5.74) is -2.16. The van der Waals surface area contributed by atoms with Crippen LogP contribution in [0, 0.1) is 0 Å². The van der Waals surface area contributed by atoms with E-state index in [1.54, 1.807) is 0 Å². The largest absolute Gasteiger partial charge is 0.333 e. The highest BCUT2D eigenvalue weighted by atomic mass is 79.9. The van der Waals surface area contributed by atoms with Gasteiger partial charge in [-0.1, -0.05) is 15.9 Å². The van der Waals surface area contributed by atoms with Crippen molar-refractivity contribution in [1.29, 1.82) is 0 Å². The van der Waals surface area contributed by atoms with Crippen LogP contribution in [-0.4, -0.2) is 19.9 Å². The van der Waals surface area contributed by atoms with Crippen LogP contribution in [-0.2, 0) is 6.54 Å². The minimum Gasteiger partial charge on any atom is -0.259 e. The summed E-state index contributed by atoms with van der Waals surface area (Å²) in [6.45, 7) is 0.227. The van der Waals surface area contributed by atoms with Crippen LogP contribution < -0.4 is 17.1 Å². The Hall–Kier alpha value is -1.11. The van der Waals surface area contributed by atoms with Crippen LogP contribution in [0.3, 0.4) is 0 Å². The first-order chi connectivity index (χ1) is 5.65. The van der Waals surface area contributed by atoms with Gasteiger partial charge in [-0.05, 0) is 0 Å². The van der Waals surface area contributed by atoms with Gasteiger partial charge in [0.1, 0.15) is 0 Å². The maximum atomic E-state index is 10.9. The summed E-state index contributed by atoms with van der Waals surface area (Å²) in [5, 5.41) is 0.474. The van der Waals surface area contributed by atoms with Gasteiger partial charge in [0.05, 0.1) is 0 Å². The van der Waals surface area contributed by atoms with E-state index in [1.807, 2.05) is 9.97 Å². The Morgan fingerprint density at radius 2 is 1.67 bits per heavy atom. The molecule has 0 unspecified atom stereocenters. The number of H-pyrrole nitrogens is 2. The van der Waals surface area contributed by atoms with Gasteiger partial charge in [-0.2, -0.15) is 0 Å². The maximum absolute atomic E-state index is 10.9. The molecule has 0 saturated heterocycles. The molecule has 1 aromatic rings. The van der Waals surface area contributed by atoms with E-state index in [2.05, 4.69) is 15.9 Å². The SMILES string of the molecule is O=c1[nH]c(=O)n(CCBr)c(=O)[nH]1. The van der Waals surface area contributed by atoms with Gasteiger partial charge in [0.25, 0.3) is 0 Å². The quantitative estimate of drug-likeness (QED) is 0.620. The lowest BCUT2D eigenvalue weighted by atomic mass is 10.7. The number of hydrogen-bond acceptors (Lipinski definition) is 3. The molecule has 0 aliphatic carbocycles. The lowest BCUT2D eigenvalue weighted by Gasteiger charge is -1.97. The second-order valence-corrected chi connectivity index (χ2v) is 2.82. The highest BCUT2D eigenvalue weighted by Crippen LogP contribution is 1.78. The fraction of sp³-hybridized carbons (Fsp3) is 0.400. The second kappa shape index (κ2) is 3.53. The predicted molar refractivity (Wildman–Crippen MR) is 45.7 cm³/mol. The van der Waals surface area contributed by atoms with E-state index >= 15 is 0 Å². The number of hydrogen-bond donors (Lipinski definition) is 2. The van der Waals surface area contributed by atoms with Crippen LogP contribution in [0.2, 0.25) is 0 Å². The molecule has 0 aromatic carbocycles. The minimum absolute atomic E-state index is 0.227. The molecule has 0 bridgehead atoms. The zero-order chi connectivity index (χ0) is 9.14. The summed E-state index contributed by atoms with van der Waals surface area (Å²) < 4.78 is 0.899. The Morgan fingerprint density at radius 1 is 1.17 bits per heavy atom. The van der Waals surface area contributed by atoms with Gasteiger partial charge in [0.2, 0.25) is 0 Å². The van der Waals surface area contributed by atoms with Gasteiger partial charge in [-0.25, -0.2) is 19.0 Å². The fourth-order valence-electron chi connectivity index (χ4n) is 0.740. The van der Waals surface area contributed by atoms with Crippen molar-refractivity contribution in [3.05, 3.63) is 31.5 Å². The van der Waals surface area contributed by atoms with E-state index in [-0.39, 0.29) is 6.54 Å². The van der Waals surface area contributed by atoms with E-state index in [1.165, 1.54) is 0 Å². The van der Waals surface area contributed by atoms with E-state index in [4.69, 9.17) is 0 Å². The number of rotatable bonds is 2. The molecular formula is C5H6BrN3O3. The van der Waals surface area contributed by atoms with Crippen LogP contribution in [0.25, 0.3) is 0 Å². The van der Waals surface area contributed by atoms with Crippen molar-refractivity contribution in [3.63, 3.8) is 0 Å². The van der Waals surface area contributed by atoms with Gasteiger partial charge < -0.3 is 0 Å². The van der Waals surface area contributed by atoms with Crippen molar-refractivity contribution in [3.8, 4) is 0 Å². The van der Waals surface area contributed by atoms with E-state index in [9.17, 15) is 14.4 Å². The number of halogens is 1. The average Bonchev–Trinajstić information content (AvgIpc) is 1.96. The molecule has 66 valence electrons. The lowest BCUT2D eigenvalue weighted by molar-refractivity contribution is 0.639. The monoisotopic (exact) mass is 235 g/mol. The molecule has 0 atom stereocenters. The predicted octanol–water partition coefficient (Wildman–Crippen LogP) is -1.38. The first-order valence-corrected chi connectivity index (χ1v) is 4.26. The standard InChI is InChI=1S/C5H6BrN3O3/c6-1-2-9-4(11)7-3(10)8-5(9)12/h1-2H2,(H2,7,8,10,11,12). The first-order valence-electron chi connectivity index (χ1n) is 3.14. The first kappa shape index (κ1) is 8.98. The molecule has 6 nitrogen and oxygen atoms in total. The molecule has 12 heavy (non-hydrogen) atoms. The Bertz CT molecular complexity index is 394. The third-order valence-corrected chi connectivity index (χ3v) is 1.59. The highest BCUT2D eigenvalue weighted by molar-refractivity contribution is 9.09. The maximum Gasteiger partial charge on any atom is 0.333 e. The number of nitrogens with zero attached hydrogens (tertiary/aromatic N) is 1. The summed E-state index contributed by atoms with van der Waals surface area (Å²) in [6.07, 6.45) is 0. The van der Waals surface area contributed by atoms with E-state index in [0.717, 1.165) is 4.57 Å². The van der Waals surface area contributed by atoms with Crippen molar-refractivity contribution < 1.29 is 0 Å². The van der Waals surface area contributed by atoms with Crippen LogP contribution in [0.4, 0.5) is 0 Å². The molecule has 0 amide bonds. The summed E-state index contributed by atoms with van der Waals surface area (Å²) in [5.74, 6) is 0. The molecule has 1 rings (SSSR count). The smallest absolute Gasteiger partial charge is 0.259 e. The third-order valence-electron chi connectivity index (χ3n) is 1.24. The highest BCUT2D eigenvalue weighted by Gasteiger charge is 1.99. The normalized spacial score (nSPS) is 10.1. The van der Waals surface area contributed by atoms with Crippen LogP contribution >= 0.6 is 15.9 Å². The van der Waals surface area contributed by atoms with E-state index < -0.39 is 17.1 Å². The minimum atomic E-state index is -0.782. The van der Waals surface area contributed by atoms with Gasteiger partial charge in [-0.15, -0.1) is 0 Å². The molecule has 1 aromatic heterocycles. The average molecular weight is 236 g/mol. The van der Waals surface area contributed by atoms with Gasteiger partial charge in [0, 0.05) is 11.9 Å². The molecule has 0 radical (unpaired) electrons. The molecule has 7 heteroatoms. The second-order valence-electron chi connectivity index (χ2n) is 2.03. The van der Waals surface area contributed by atoms with Crippen LogP contribution in [0.15, 0.2) is 14.4 Å². The summed E-state index contributed by atoms with van der Waals surface area (Å²) in [6, 6.07) is 0.